The van der Waals surface area contributed by atoms with Crippen molar-refractivity contribution in [1.82, 2.24) is 5.32 Å². The number of nitrogens with one attached hydrogen (secondary N) is 1. The van der Waals surface area contributed by atoms with Gasteiger partial charge in [-0.15, -0.1) is 0 Å². The Balaban J connectivity index is 2.05. The van der Waals surface area contributed by atoms with E-state index in [4.69, 9.17) is 9.47 Å². The Morgan fingerprint density at radius 2 is 1.88 bits per heavy atom. The van der Waals surface area contributed by atoms with Crippen LogP contribution in [0.3, 0.4) is 0 Å². The molecule has 2 aromatic rings. The molecule has 0 aliphatic carbocycles. The van der Waals surface area contributed by atoms with E-state index in [9.17, 15) is 9.18 Å². The fraction of sp³-hybridized carbons (Fsp3) is 0.316. The van der Waals surface area contributed by atoms with Gasteiger partial charge < -0.3 is 14.8 Å². The van der Waals surface area contributed by atoms with E-state index >= 15 is 0 Å². The van der Waals surface area contributed by atoms with Gasteiger partial charge >= 0.3 is 0 Å². The summed E-state index contributed by atoms with van der Waals surface area (Å²) in [5.74, 6) is 0.188. The predicted molar refractivity (Wildman–Crippen MR) is 90.5 cm³/mol. The van der Waals surface area contributed by atoms with Crippen molar-refractivity contribution in [1.29, 1.82) is 0 Å². The standard InChI is InChI=1S/C19H22FNO3/c1-13(2)24-12-16-10-15(6-9-18(16)23-3)19(22)21-11-14-4-7-17(20)8-5-14/h4-10,13H,11-12H2,1-3H3,(H,21,22). The predicted octanol–water partition coefficient (Wildman–Crippen LogP) is 3.69. The van der Waals surface area contributed by atoms with Crippen LogP contribution in [0, 0.1) is 5.82 Å². The SMILES string of the molecule is COc1ccc(C(=O)NCc2ccc(F)cc2)cc1COC(C)C. The number of carbonyl (C=O) groups is 1. The molecular weight excluding hydrogens is 309 g/mol. The summed E-state index contributed by atoms with van der Waals surface area (Å²) in [6.07, 6.45) is 0.0886. The number of rotatable bonds is 7. The van der Waals surface area contributed by atoms with Gasteiger partial charge in [0.15, 0.2) is 0 Å². The van der Waals surface area contributed by atoms with Crippen LogP contribution in [0.25, 0.3) is 0 Å². The maximum absolute atomic E-state index is 12.9. The summed E-state index contributed by atoms with van der Waals surface area (Å²) in [7, 11) is 1.59. The van der Waals surface area contributed by atoms with Crippen LogP contribution in [0.1, 0.15) is 35.3 Å². The van der Waals surface area contributed by atoms with Crippen LogP contribution >= 0.6 is 0 Å². The quantitative estimate of drug-likeness (QED) is 0.842. The first kappa shape index (κ1) is 17.9. The Kier molecular flexibility index (Phi) is 6.32. The molecule has 0 unspecified atom stereocenters. The van der Waals surface area contributed by atoms with Gasteiger partial charge in [0.1, 0.15) is 11.6 Å². The summed E-state index contributed by atoms with van der Waals surface area (Å²) in [5, 5.41) is 2.82. The molecule has 0 radical (unpaired) electrons. The Bertz CT molecular complexity index is 684. The number of amides is 1. The third-order valence-electron chi connectivity index (χ3n) is 3.48. The van der Waals surface area contributed by atoms with Crippen LogP contribution in [0.2, 0.25) is 0 Å². The molecule has 0 saturated heterocycles. The highest BCUT2D eigenvalue weighted by Gasteiger charge is 2.11. The first-order valence-electron chi connectivity index (χ1n) is 7.80. The molecule has 2 rings (SSSR count). The van der Waals surface area contributed by atoms with Crippen molar-refractivity contribution in [2.45, 2.75) is 33.1 Å². The van der Waals surface area contributed by atoms with Gasteiger partial charge in [0.2, 0.25) is 0 Å². The average molecular weight is 331 g/mol. The minimum Gasteiger partial charge on any atom is -0.496 e. The van der Waals surface area contributed by atoms with E-state index in [0.29, 0.717) is 24.5 Å². The zero-order valence-corrected chi connectivity index (χ0v) is 14.1. The summed E-state index contributed by atoms with van der Waals surface area (Å²) in [4.78, 5) is 12.3. The largest absolute Gasteiger partial charge is 0.496 e. The molecule has 0 saturated carbocycles. The van der Waals surface area contributed by atoms with Gasteiger partial charge in [0.25, 0.3) is 5.91 Å². The normalized spacial score (nSPS) is 10.7. The average Bonchev–Trinajstić information content (AvgIpc) is 2.58. The summed E-state index contributed by atoms with van der Waals surface area (Å²) in [6.45, 7) is 4.61. The molecule has 4 nitrogen and oxygen atoms in total. The lowest BCUT2D eigenvalue weighted by Crippen LogP contribution is -2.23. The zero-order chi connectivity index (χ0) is 17.5. The van der Waals surface area contributed by atoms with Gasteiger partial charge in [-0.3, -0.25) is 4.79 Å². The highest BCUT2D eigenvalue weighted by molar-refractivity contribution is 5.94. The first-order valence-corrected chi connectivity index (χ1v) is 7.80. The second-order valence-electron chi connectivity index (χ2n) is 5.70. The monoisotopic (exact) mass is 331 g/mol. The molecule has 0 aromatic heterocycles. The van der Waals surface area contributed by atoms with Crippen LogP contribution < -0.4 is 10.1 Å². The zero-order valence-electron chi connectivity index (χ0n) is 14.1. The Morgan fingerprint density at radius 3 is 2.50 bits per heavy atom. The highest BCUT2D eigenvalue weighted by Crippen LogP contribution is 2.21. The molecule has 0 atom stereocenters. The van der Waals surface area contributed by atoms with Gasteiger partial charge in [-0.2, -0.15) is 0 Å². The molecule has 0 heterocycles. The minimum absolute atomic E-state index is 0.0886. The Morgan fingerprint density at radius 1 is 1.17 bits per heavy atom. The fourth-order valence-corrected chi connectivity index (χ4v) is 2.18. The number of carbonyl (C=O) groups excluding carboxylic acids is 1. The van der Waals surface area contributed by atoms with E-state index in [-0.39, 0.29) is 17.8 Å². The molecule has 0 aliphatic heterocycles. The lowest BCUT2D eigenvalue weighted by Gasteiger charge is -2.13. The number of hydrogen-bond donors (Lipinski definition) is 1. The molecule has 0 bridgehead atoms. The van der Waals surface area contributed by atoms with Gasteiger partial charge in [-0.05, 0) is 49.7 Å². The van der Waals surface area contributed by atoms with Crippen molar-refractivity contribution in [2.75, 3.05) is 7.11 Å². The van der Waals surface area contributed by atoms with Gasteiger partial charge in [0.05, 0.1) is 19.8 Å². The molecule has 1 amide bonds. The molecule has 5 heteroatoms. The highest BCUT2D eigenvalue weighted by atomic mass is 19.1. The molecule has 0 spiro atoms. The lowest BCUT2D eigenvalue weighted by molar-refractivity contribution is 0.0644. The molecule has 1 N–H and O–H groups in total. The van der Waals surface area contributed by atoms with E-state index in [1.807, 2.05) is 13.8 Å². The summed E-state index contributed by atoms with van der Waals surface area (Å²) < 4.78 is 23.8. The van der Waals surface area contributed by atoms with Crippen molar-refractivity contribution < 1.29 is 18.7 Å². The summed E-state index contributed by atoms with van der Waals surface area (Å²) in [5.41, 5.74) is 2.18. The Hall–Kier alpha value is -2.40. The molecule has 2 aromatic carbocycles. The van der Waals surface area contributed by atoms with E-state index in [2.05, 4.69) is 5.32 Å². The molecule has 128 valence electrons. The first-order chi connectivity index (χ1) is 11.5. The lowest BCUT2D eigenvalue weighted by atomic mass is 10.1. The topological polar surface area (TPSA) is 47.6 Å². The third kappa shape index (κ3) is 5.06. The van der Waals surface area contributed by atoms with Crippen LogP contribution in [0.15, 0.2) is 42.5 Å². The molecule has 0 aliphatic rings. The number of benzene rings is 2. The number of hydrogen-bond acceptors (Lipinski definition) is 3. The van der Waals surface area contributed by atoms with E-state index < -0.39 is 0 Å². The third-order valence-corrected chi connectivity index (χ3v) is 3.48. The van der Waals surface area contributed by atoms with Crippen molar-refractivity contribution in [2.24, 2.45) is 0 Å². The fourth-order valence-electron chi connectivity index (χ4n) is 2.18. The Labute approximate surface area is 141 Å². The maximum atomic E-state index is 12.9. The molecular formula is C19H22FNO3. The maximum Gasteiger partial charge on any atom is 0.251 e. The van der Waals surface area contributed by atoms with Crippen LogP contribution in [-0.2, 0) is 17.9 Å². The summed E-state index contributed by atoms with van der Waals surface area (Å²) >= 11 is 0. The second kappa shape index (κ2) is 8.45. The summed E-state index contributed by atoms with van der Waals surface area (Å²) in [6, 6.07) is 11.3. The van der Waals surface area contributed by atoms with Crippen LogP contribution in [0.5, 0.6) is 5.75 Å². The minimum atomic E-state index is -0.296. The smallest absolute Gasteiger partial charge is 0.251 e. The van der Waals surface area contributed by atoms with Gasteiger partial charge in [0, 0.05) is 17.7 Å². The van der Waals surface area contributed by atoms with Crippen molar-refractivity contribution in [3.05, 3.63) is 65.0 Å². The second-order valence-corrected chi connectivity index (χ2v) is 5.70. The van der Waals surface area contributed by atoms with Crippen molar-refractivity contribution in [3.8, 4) is 5.75 Å². The number of methoxy groups -OCH3 is 1. The molecule has 0 fully saturated rings. The van der Waals surface area contributed by atoms with E-state index in [0.717, 1.165) is 11.1 Å². The van der Waals surface area contributed by atoms with Crippen molar-refractivity contribution >= 4 is 5.91 Å². The number of halogens is 1. The van der Waals surface area contributed by atoms with Crippen LogP contribution in [-0.4, -0.2) is 19.1 Å². The van der Waals surface area contributed by atoms with Gasteiger partial charge in [-0.25, -0.2) is 4.39 Å². The molecule has 24 heavy (non-hydrogen) atoms. The van der Waals surface area contributed by atoms with Crippen molar-refractivity contribution in [3.63, 3.8) is 0 Å². The van der Waals surface area contributed by atoms with Gasteiger partial charge in [-0.1, -0.05) is 12.1 Å². The van der Waals surface area contributed by atoms with E-state index in [1.54, 1.807) is 37.4 Å². The van der Waals surface area contributed by atoms with E-state index in [1.165, 1.54) is 12.1 Å². The number of ether oxygens (including phenoxy) is 2. The van der Waals surface area contributed by atoms with Crippen LogP contribution in [0.4, 0.5) is 4.39 Å².